The highest BCUT2D eigenvalue weighted by Gasteiger charge is 2.08. The van der Waals surface area contributed by atoms with E-state index in [0.717, 1.165) is 29.4 Å². The van der Waals surface area contributed by atoms with Gasteiger partial charge in [0.2, 0.25) is 0 Å². The lowest BCUT2D eigenvalue weighted by Gasteiger charge is -2.12. The molecule has 0 saturated heterocycles. The maximum Gasteiger partial charge on any atom is 0.336 e. The summed E-state index contributed by atoms with van der Waals surface area (Å²) in [5.41, 5.74) is 1.70. The number of benzene rings is 2. The highest BCUT2D eigenvalue weighted by molar-refractivity contribution is 6.03. The summed E-state index contributed by atoms with van der Waals surface area (Å²) in [7, 11) is 0. The van der Waals surface area contributed by atoms with Crippen molar-refractivity contribution in [3.8, 4) is 5.75 Å². The van der Waals surface area contributed by atoms with Gasteiger partial charge in [-0.1, -0.05) is 30.7 Å². The van der Waals surface area contributed by atoms with Crippen molar-refractivity contribution in [1.82, 2.24) is 0 Å². The third-order valence-corrected chi connectivity index (χ3v) is 4.17. The van der Waals surface area contributed by atoms with E-state index in [1.54, 1.807) is 12.1 Å². The fourth-order valence-corrected chi connectivity index (χ4v) is 2.72. The van der Waals surface area contributed by atoms with Crippen LogP contribution in [0.25, 0.3) is 10.8 Å². The van der Waals surface area contributed by atoms with Crippen molar-refractivity contribution in [2.45, 2.75) is 40.0 Å². The molecular weight excluding hydrogens is 300 g/mol. The molecule has 0 aliphatic rings. The van der Waals surface area contributed by atoms with Gasteiger partial charge in [-0.15, -0.1) is 0 Å². The van der Waals surface area contributed by atoms with Crippen molar-refractivity contribution in [2.75, 3.05) is 6.61 Å². The molecule has 1 N–H and O–H groups in total. The van der Waals surface area contributed by atoms with E-state index in [1.165, 1.54) is 12.0 Å². The Labute approximate surface area is 144 Å². The average Bonchev–Trinajstić information content (AvgIpc) is 2.53. The van der Waals surface area contributed by atoms with Gasteiger partial charge in [0.1, 0.15) is 5.75 Å². The summed E-state index contributed by atoms with van der Waals surface area (Å²) in [6.07, 6.45) is 5.59. The largest absolute Gasteiger partial charge is 0.494 e. The molecule has 0 fully saturated rings. The van der Waals surface area contributed by atoms with E-state index in [-0.39, 0.29) is 0 Å². The highest BCUT2D eigenvalue weighted by atomic mass is 16.5. The number of carboxylic acids is 1. The smallest absolute Gasteiger partial charge is 0.336 e. The Balaban J connectivity index is 1.92. The first-order valence-corrected chi connectivity index (χ1v) is 8.49. The molecule has 0 radical (unpaired) electrons. The fourth-order valence-electron chi connectivity index (χ4n) is 2.72. The molecule has 24 heavy (non-hydrogen) atoms. The number of rotatable bonds is 8. The van der Waals surface area contributed by atoms with Gasteiger partial charge >= 0.3 is 5.97 Å². The first kappa shape index (κ1) is 18.1. The van der Waals surface area contributed by atoms with Crippen LogP contribution in [0.4, 0.5) is 0 Å². The SMILES string of the molecule is CC(C)=CCCC(C)CCOc1ccc2c(C(=O)O)cccc2c1. The Morgan fingerprint density at radius 2 is 2.00 bits per heavy atom. The molecule has 128 valence electrons. The summed E-state index contributed by atoms with van der Waals surface area (Å²) < 4.78 is 5.85. The van der Waals surface area contributed by atoms with Crippen LogP contribution in [0.5, 0.6) is 5.75 Å². The van der Waals surface area contributed by atoms with Gasteiger partial charge in [0.05, 0.1) is 12.2 Å². The van der Waals surface area contributed by atoms with E-state index in [2.05, 4.69) is 26.8 Å². The average molecular weight is 326 g/mol. The molecule has 3 nitrogen and oxygen atoms in total. The minimum Gasteiger partial charge on any atom is -0.494 e. The van der Waals surface area contributed by atoms with Crippen LogP contribution in [0.3, 0.4) is 0 Å². The molecular formula is C21H26O3. The molecule has 0 spiro atoms. The molecule has 2 rings (SSSR count). The van der Waals surface area contributed by atoms with Gasteiger partial charge in [-0.3, -0.25) is 0 Å². The molecule has 2 aromatic carbocycles. The molecule has 0 heterocycles. The predicted octanol–water partition coefficient (Wildman–Crippen LogP) is 5.69. The lowest BCUT2D eigenvalue weighted by atomic mass is 10.0. The summed E-state index contributed by atoms with van der Waals surface area (Å²) in [6, 6.07) is 10.9. The summed E-state index contributed by atoms with van der Waals surface area (Å²) in [5, 5.41) is 10.9. The van der Waals surface area contributed by atoms with Crippen molar-refractivity contribution >= 4 is 16.7 Å². The Hall–Kier alpha value is -2.29. The molecule has 0 aromatic heterocycles. The van der Waals surface area contributed by atoms with Crippen molar-refractivity contribution in [3.63, 3.8) is 0 Å². The molecule has 0 aliphatic heterocycles. The quantitative estimate of drug-likeness (QED) is 0.634. The van der Waals surface area contributed by atoms with Crippen molar-refractivity contribution < 1.29 is 14.6 Å². The number of ether oxygens (including phenoxy) is 1. The third kappa shape index (κ3) is 5.12. The zero-order valence-corrected chi connectivity index (χ0v) is 14.7. The lowest BCUT2D eigenvalue weighted by molar-refractivity contribution is 0.0699. The summed E-state index contributed by atoms with van der Waals surface area (Å²) in [4.78, 5) is 11.2. The van der Waals surface area contributed by atoms with Crippen LogP contribution in [0.15, 0.2) is 48.0 Å². The van der Waals surface area contributed by atoms with Crippen LogP contribution < -0.4 is 4.74 Å². The van der Waals surface area contributed by atoms with E-state index in [1.807, 2.05) is 24.3 Å². The van der Waals surface area contributed by atoms with E-state index >= 15 is 0 Å². The van der Waals surface area contributed by atoms with Crippen LogP contribution in [-0.4, -0.2) is 17.7 Å². The van der Waals surface area contributed by atoms with E-state index < -0.39 is 5.97 Å². The van der Waals surface area contributed by atoms with Crippen LogP contribution in [0.1, 0.15) is 50.4 Å². The third-order valence-electron chi connectivity index (χ3n) is 4.17. The molecule has 3 heteroatoms. The number of carbonyl (C=O) groups is 1. The normalized spacial score (nSPS) is 12.0. The van der Waals surface area contributed by atoms with Crippen LogP contribution in [0, 0.1) is 5.92 Å². The monoisotopic (exact) mass is 326 g/mol. The second-order valence-electron chi connectivity index (χ2n) is 6.59. The summed E-state index contributed by atoms with van der Waals surface area (Å²) in [5.74, 6) is 0.515. The van der Waals surface area contributed by atoms with Gasteiger partial charge in [0.15, 0.2) is 0 Å². The molecule has 0 saturated carbocycles. The molecule has 1 atom stereocenters. The fraction of sp³-hybridized carbons (Fsp3) is 0.381. The van der Waals surface area contributed by atoms with Crippen molar-refractivity contribution in [2.24, 2.45) is 5.92 Å². The van der Waals surface area contributed by atoms with E-state index in [4.69, 9.17) is 4.74 Å². The van der Waals surface area contributed by atoms with Gasteiger partial charge < -0.3 is 9.84 Å². The minimum atomic E-state index is -0.903. The number of allylic oxidation sites excluding steroid dienone is 2. The lowest BCUT2D eigenvalue weighted by Crippen LogP contribution is -2.04. The second-order valence-corrected chi connectivity index (χ2v) is 6.59. The van der Waals surface area contributed by atoms with Crippen molar-refractivity contribution in [3.05, 3.63) is 53.6 Å². The van der Waals surface area contributed by atoms with E-state index in [0.29, 0.717) is 18.1 Å². The van der Waals surface area contributed by atoms with Gasteiger partial charge in [0.25, 0.3) is 0 Å². The van der Waals surface area contributed by atoms with E-state index in [9.17, 15) is 9.90 Å². The number of fused-ring (bicyclic) bond motifs is 1. The zero-order chi connectivity index (χ0) is 17.5. The Morgan fingerprint density at radius 1 is 1.21 bits per heavy atom. The first-order valence-electron chi connectivity index (χ1n) is 8.49. The minimum absolute atomic E-state index is 0.326. The standard InChI is InChI=1S/C21H26O3/c1-15(2)6-4-7-16(3)12-13-24-18-10-11-19-17(14-18)8-5-9-20(19)21(22)23/h5-6,8-11,14,16H,4,7,12-13H2,1-3H3,(H,22,23). The van der Waals surface area contributed by atoms with Gasteiger partial charge in [-0.05, 0) is 74.1 Å². The van der Waals surface area contributed by atoms with Crippen LogP contribution in [-0.2, 0) is 0 Å². The number of aromatic carboxylic acids is 1. The van der Waals surface area contributed by atoms with Crippen molar-refractivity contribution in [1.29, 1.82) is 0 Å². The second kappa shape index (κ2) is 8.53. The maximum absolute atomic E-state index is 11.2. The molecule has 0 bridgehead atoms. The Bertz CT molecular complexity index is 727. The number of carboxylic acid groups (broad SMARTS) is 1. The maximum atomic E-state index is 11.2. The molecule has 1 unspecified atom stereocenters. The molecule has 0 aliphatic carbocycles. The summed E-state index contributed by atoms with van der Waals surface area (Å²) >= 11 is 0. The van der Waals surface area contributed by atoms with Crippen LogP contribution in [0.2, 0.25) is 0 Å². The highest BCUT2D eigenvalue weighted by Crippen LogP contribution is 2.24. The number of hydrogen-bond acceptors (Lipinski definition) is 2. The molecule has 0 amide bonds. The topological polar surface area (TPSA) is 46.5 Å². The predicted molar refractivity (Wildman–Crippen MR) is 98.8 cm³/mol. The zero-order valence-electron chi connectivity index (χ0n) is 14.7. The van der Waals surface area contributed by atoms with Gasteiger partial charge in [-0.2, -0.15) is 0 Å². The first-order chi connectivity index (χ1) is 11.5. The van der Waals surface area contributed by atoms with Gasteiger partial charge in [-0.25, -0.2) is 4.79 Å². The number of hydrogen-bond donors (Lipinski definition) is 1. The van der Waals surface area contributed by atoms with Gasteiger partial charge in [0, 0.05) is 0 Å². The summed E-state index contributed by atoms with van der Waals surface area (Å²) in [6.45, 7) is 7.19. The van der Waals surface area contributed by atoms with Crippen LogP contribution >= 0.6 is 0 Å². The Kier molecular flexibility index (Phi) is 6.42. The Morgan fingerprint density at radius 3 is 2.71 bits per heavy atom. The molecule has 2 aromatic rings.